The van der Waals surface area contributed by atoms with Crippen LogP contribution in [0.25, 0.3) is 0 Å². The van der Waals surface area contributed by atoms with Gasteiger partial charge in [-0.3, -0.25) is 4.90 Å². The van der Waals surface area contributed by atoms with Crippen molar-refractivity contribution in [3.8, 4) is 5.75 Å². The Morgan fingerprint density at radius 1 is 1.08 bits per heavy atom. The maximum Gasteiger partial charge on any atom is 0.320 e. The van der Waals surface area contributed by atoms with Crippen LogP contribution in [0.15, 0.2) is 24.3 Å². The molecule has 0 N–H and O–H groups in total. The Bertz CT molecular complexity index is 600. The van der Waals surface area contributed by atoms with Crippen LogP contribution in [-0.4, -0.2) is 79.3 Å². The van der Waals surface area contributed by atoms with Gasteiger partial charge in [-0.1, -0.05) is 12.1 Å². The lowest BCUT2D eigenvalue weighted by Gasteiger charge is -2.42. The molecule has 25 heavy (non-hydrogen) atoms. The standard InChI is InChI=1S/C19H27N3O3/c1-24-18-4-2-15(3-5-18)12-21-14-17-13-20(8-9-22(17)19(21)23)16-6-10-25-11-7-16/h2-5,16-17H,6-14H2,1H3. The van der Waals surface area contributed by atoms with E-state index in [4.69, 9.17) is 9.47 Å². The smallest absolute Gasteiger partial charge is 0.320 e. The molecule has 136 valence electrons. The number of hydrogen-bond donors (Lipinski definition) is 0. The first-order valence-corrected chi connectivity index (χ1v) is 9.25. The molecule has 0 bridgehead atoms. The summed E-state index contributed by atoms with van der Waals surface area (Å²) in [5, 5.41) is 0. The summed E-state index contributed by atoms with van der Waals surface area (Å²) in [5.41, 5.74) is 1.15. The highest BCUT2D eigenvalue weighted by Gasteiger charge is 2.41. The van der Waals surface area contributed by atoms with Crippen molar-refractivity contribution in [2.75, 3.05) is 46.5 Å². The van der Waals surface area contributed by atoms with Crippen molar-refractivity contribution in [1.82, 2.24) is 14.7 Å². The number of carbonyl (C=O) groups is 1. The van der Waals surface area contributed by atoms with Crippen molar-refractivity contribution in [3.05, 3.63) is 29.8 Å². The molecule has 1 aromatic rings. The largest absolute Gasteiger partial charge is 0.497 e. The molecule has 3 fully saturated rings. The van der Waals surface area contributed by atoms with E-state index < -0.39 is 0 Å². The Balaban J connectivity index is 1.37. The summed E-state index contributed by atoms with van der Waals surface area (Å²) >= 11 is 0. The lowest BCUT2D eigenvalue weighted by Crippen LogP contribution is -2.55. The van der Waals surface area contributed by atoms with Gasteiger partial charge in [0.1, 0.15) is 5.75 Å². The van der Waals surface area contributed by atoms with E-state index in [0.717, 1.165) is 63.5 Å². The van der Waals surface area contributed by atoms with Crippen molar-refractivity contribution in [2.24, 2.45) is 0 Å². The number of methoxy groups -OCH3 is 1. The zero-order valence-corrected chi connectivity index (χ0v) is 14.9. The molecule has 0 saturated carbocycles. The molecule has 1 atom stereocenters. The van der Waals surface area contributed by atoms with Crippen molar-refractivity contribution >= 4 is 6.03 Å². The minimum atomic E-state index is 0.187. The third-order valence-electron chi connectivity index (χ3n) is 5.70. The second kappa shape index (κ2) is 7.22. The van der Waals surface area contributed by atoms with Crippen LogP contribution in [0, 0.1) is 0 Å². The zero-order chi connectivity index (χ0) is 17.2. The summed E-state index contributed by atoms with van der Waals surface area (Å²) in [6.45, 7) is 6.08. The summed E-state index contributed by atoms with van der Waals surface area (Å²) in [7, 11) is 1.67. The second-order valence-electron chi connectivity index (χ2n) is 7.20. The van der Waals surface area contributed by atoms with Crippen LogP contribution in [0.2, 0.25) is 0 Å². The molecule has 3 saturated heterocycles. The van der Waals surface area contributed by atoms with E-state index in [9.17, 15) is 4.79 Å². The van der Waals surface area contributed by atoms with Crippen LogP contribution >= 0.6 is 0 Å². The zero-order valence-electron chi connectivity index (χ0n) is 14.9. The molecule has 2 amide bonds. The fourth-order valence-corrected chi connectivity index (χ4v) is 4.27. The summed E-state index contributed by atoms with van der Waals surface area (Å²) in [4.78, 5) is 19.4. The molecule has 0 aromatic heterocycles. The number of carbonyl (C=O) groups excluding carboxylic acids is 1. The summed E-state index contributed by atoms with van der Waals surface area (Å²) in [6.07, 6.45) is 2.24. The van der Waals surface area contributed by atoms with E-state index in [0.29, 0.717) is 18.6 Å². The molecule has 0 aliphatic carbocycles. The highest BCUT2D eigenvalue weighted by molar-refractivity contribution is 5.77. The predicted molar refractivity (Wildman–Crippen MR) is 94.7 cm³/mol. The van der Waals surface area contributed by atoms with E-state index in [2.05, 4.69) is 9.80 Å². The van der Waals surface area contributed by atoms with Gasteiger partial charge in [0.05, 0.1) is 13.2 Å². The van der Waals surface area contributed by atoms with E-state index in [-0.39, 0.29) is 6.03 Å². The van der Waals surface area contributed by atoms with Gasteiger partial charge in [0.25, 0.3) is 0 Å². The minimum Gasteiger partial charge on any atom is -0.497 e. The van der Waals surface area contributed by atoms with E-state index in [1.165, 1.54) is 0 Å². The molecule has 0 radical (unpaired) electrons. The second-order valence-corrected chi connectivity index (χ2v) is 7.20. The molecule has 3 aliphatic rings. The summed E-state index contributed by atoms with van der Waals surface area (Å²) < 4.78 is 10.7. The number of ether oxygens (including phenoxy) is 2. The SMILES string of the molecule is COc1ccc(CN2CC3CN(C4CCOCC4)CCN3C2=O)cc1. The van der Waals surface area contributed by atoms with Gasteiger partial charge >= 0.3 is 6.03 Å². The fraction of sp³-hybridized carbons (Fsp3) is 0.632. The number of fused-ring (bicyclic) bond motifs is 1. The number of urea groups is 1. The van der Waals surface area contributed by atoms with Gasteiger partial charge in [0, 0.05) is 52.0 Å². The van der Waals surface area contributed by atoms with Crippen molar-refractivity contribution in [1.29, 1.82) is 0 Å². The Hall–Kier alpha value is -1.79. The Morgan fingerprint density at radius 3 is 2.56 bits per heavy atom. The lowest BCUT2D eigenvalue weighted by molar-refractivity contribution is 0.0109. The van der Waals surface area contributed by atoms with Crippen molar-refractivity contribution < 1.29 is 14.3 Å². The number of nitrogens with zero attached hydrogens (tertiary/aromatic N) is 3. The van der Waals surface area contributed by atoms with E-state index in [1.54, 1.807) is 7.11 Å². The van der Waals surface area contributed by atoms with E-state index >= 15 is 0 Å². The predicted octanol–water partition coefficient (Wildman–Crippen LogP) is 1.80. The number of hydrogen-bond acceptors (Lipinski definition) is 4. The van der Waals surface area contributed by atoms with Gasteiger partial charge in [-0.05, 0) is 30.5 Å². The number of benzene rings is 1. The fourth-order valence-electron chi connectivity index (χ4n) is 4.27. The van der Waals surface area contributed by atoms with Crippen LogP contribution in [0.1, 0.15) is 18.4 Å². The highest BCUT2D eigenvalue weighted by atomic mass is 16.5. The van der Waals surface area contributed by atoms with Crippen LogP contribution in [0.3, 0.4) is 0 Å². The molecule has 3 aliphatic heterocycles. The number of piperazine rings is 1. The maximum atomic E-state index is 12.7. The third kappa shape index (κ3) is 3.46. The van der Waals surface area contributed by atoms with Crippen LogP contribution in [0.5, 0.6) is 5.75 Å². The topological polar surface area (TPSA) is 45.2 Å². The van der Waals surface area contributed by atoms with Gasteiger partial charge in [-0.25, -0.2) is 4.79 Å². The molecular weight excluding hydrogens is 318 g/mol. The Kier molecular flexibility index (Phi) is 4.81. The van der Waals surface area contributed by atoms with Crippen molar-refractivity contribution in [3.63, 3.8) is 0 Å². The Labute approximate surface area is 149 Å². The average molecular weight is 345 g/mol. The number of rotatable bonds is 4. The molecule has 1 aromatic carbocycles. The molecule has 4 rings (SSSR count). The Morgan fingerprint density at radius 2 is 1.84 bits per heavy atom. The quantitative estimate of drug-likeness (QED) is 0.835. The highest BCUT2D eigenvalue weighted by Crippen LogP contribution is 2.26. The van der Waals surface area contributed by atoms with Crippen LogP contribution in [0.4, 0.5) is 4.79 Å². The molecule has 0 spiro atoms. The monoisotopic (exact) mass is 345 g/mol. The van der Waals surface area contributed by atoms with Gasteiger partial charge in [0.15, 0.2) is 0 Å². The summed E-state index contributed by atoms with van der Waals surface area (Å²) in [6, 6.07) is 9.12. The first-order chi connectivity index (χ1) is 12.2. The maximum absolute atomic E-state index is 12.7. The normalized spacial score (nSPS) is 25.3. The van der Waals surface area contributed by atoms with Gasteiger partial charge < -0.3 is 19.3 Å². The molecule has 6 nitrogen and oxygen atoms in total. The van der Waals surface area contributed by atoms with Gasteiger partial charge in [-0.2, -0.15) is 0 Å². The first-order valence-electron chi connectivity index (χ1n) is 9.25. The van der Waals surface area contributed by atoms with Crippen LogP contribution in [-0.2, 0) is 11.3 Å². The minimum absolute atomic E-state index is 0.187. The molecule has 3 heterocycles. The average Bonchev–Trinajstić information content (AvgIpc) is 2.98. The summed E-state index contributed by atoms with van der Waals surface area (Å²) in [5.74, 6) is 0.848. The van der Waals surface area contributed by atoms with Gasteiger partial charge in [0.2, 0.25) is 0 Å². The molecule has 6 heteroatoms. The van der Waals surface area contributed by atoms with Crippen molar-refractivity contribution in [2.45, 2.75) is 31.5 Å². The lowest BCUT2D eigenvalue weighted by atomic mass is 10.0. The molecule has 1 unspecified atom stereocenters. The molecular formula is C19H27N3O3. The third-order valence-corrected chi connectivity index (χ3v) is 5.70. The van der Waals surface area contributed by atoms with E-state index in [1.807, 2.05) is 29.2 Å². The first kappa shape index (κ1) is 16.7. The van der Waals surface area contributed by atoms with Crippen LogP contribution < -0.4 is 4.74 Å². The number of amides is 2. The van der Waals surface area contributed by atoms with Gasteiger partial charge in [-0.15, -0.1) is 0 Å².